The van der Waals surface area contributed by atoms with Gasteiger partial charge in [0.05, 0.1) is 6.04 Å². The second-order valence-electron chi connectivity index (χ2n) is 7.87. The van der Waals surface area contributed by atoms with Gasteiger partial charge in [0.25, 0.3) is 0 Å². The Bertz CT molecular complexity index is 663. The molecule has 0 saturated heterocycles. The Kier molecular flexibility index (Phi) is 4.38. The molecule has 0 aromatic heterocycles. The van der Waals surface area contributed by atoms with Gasteiger partial charge in [0.2, 0.25) is 5.91 Å². The van der Waals surface area contributed by atoms with Crippen LogP contribution in [-0.4, -0.2) is 30.6 Å². The maximum Gasteiger partial charge on any atom is 0.223 e. The van der Waals surface area contributed by atoms with Crippen LogP contribution in [0.15, 0.2) is 12.1 Å². The van der Waals surface area contributed by atoms with Crippen LogP contribution in [0.4, 0.5) is 0 Å². The second-order valence-corrected chi connectivity index (χ2v) is 7.87. The number of hydrogen-bond donors (Lipinski definition) is 0. The Hall–Kier alpha value is -1.71. The van der Waals surface area contributed by atoms with E-state index in [-0.39, 0.29) is 11.5 Å². The number of hydrogen-bond acceptors (Lipinski definition) is 3. The van der Waals surface area contributed by atoms with E-state index in [4.69, 9.17) is 9.47 Å². The van der Waals surface area contributed by atoms with Gasteiger partial charge in [-0.1, -0.05) is 26.2 Å². The highest BCUT2D eigenvalue weighted by Crippen LogP contribution is 2.52. The highest BCUT2D eigenvalue weighted by atomic mass is 16.6. The summed E-state index contributed by atoms with van der Waals surface area (Å²) in [6, 6.07) is 4.48. The Morgan fingerprint density at radius 3 is 2.56 bits per heavy atom. The smallest absolute Gasteiger partial charge is 0.223 e. The molecule has 4 nitrogen and oxygen atoms in total. The molecule has 0 N–H and O–H groups in total. The highest BCUT2D eigenvalue weighted by Gasteiger charge is 2.46. The van der Waals surface area contributed by atoms with Gasteiger partial charge in [0.15, 0.2) is 11.5 Å². The van der Waals surface area contributed by atoms with E-state index in [1.807, 2.05) is 0 Å². The summed E-state index contributed by atoms with van der Waals surface area (Å²) in [4.78, 5) is 15.0. The molecular formula is C21H29NO3. The van der Waals surface area contributed by atoms with E-state index >= 15 is 0 Å². The number of amides is 1. The number of fused-ring (bicyclic) bond motifs is 3. The number of carbonyl (C=O) groups excluding carboxylic acids is 1. The van der Waals surface area contributed by atoms with E-state index < -0.39 is 0 Å². The molecule has 1 aliphatic carbocycles. The molecule has 2 heterocycles. The number of benzene rings is 1. The number of nitrogens with zero attached hydrogens (tertiary/aromatic N) is 1. The summed E-state index contributed by atoms with van der Waals surface area (Å²) in [7, 11) is 0. The molecule has 1 atom stereocenters. The number of rotatable bonds is 3. The highest BCUT2D eigenvalue weighted by molar-refractivity contribution is 5.77. The van der Waals surface area contributed by atoms with Crippen molar-refractivity contribution in [1.82, 2.24) is 4.90 Å². The SMILES string of the molecule is CCCCC(=O)N1CC2(CCCC2)c2cc3c(cc2C1C)OCCO3. The van der Waals surface area contributed by atoms with Gasteiger partial charge < -0.3 is 14.4 Å². The molecular weight excluding hydrogens is 314 g/mol. The van der Waals surface area contributed by atoms with Crippen molar-refractivity contribution in [2.45, 2.75) is 70.3 Å². The van der Waals surface area contributed by atoms with E-state index in [9.17, 15) is 4.79 Å². The molecule has 3 aliphatic rings. The van der Waals surface area contributed by atoms with E-state index in [1.165, 1.54) is 36.8 Å². The van der Waals surface area contributed by atoms with Gasteiger partial charge in [0, 0.05) is 18.4 Å². The molecule has 25 heavy (non-hydrogen) atoms. The molecule has 2 aliphatic heterocycles. The second kappa shape index (κ2) is 6.54. The lowest BCUT2D eigenvalue weighted by Crippen LogP contribution is -2.48. The molecule has 0 radical (unpaired) electrons. The van der Waals surface area contributed by atoms with Crippen molar-refractivity contribution in [2.75, 3.05) is 19.8 Å². The van der Waals surface area contributed by atoms with Crippen molar-refractivity contribution in [3.05, 3.63) is 23.3 Å². The van der Waals surface area contributed by atoms with Crippen molar-refractivity contribution in [1.29, 1.82) is 0 Å². The average Bonchev–Trinajstić information content (AvgIpc) is 3.11. The Labute approximate surface area is 150 Å². The van der Waals surface area contributed by atoms with Crippen LogP contribution in [-0.2, 0) is 10.2 Å². The molecule has 1 unspecified atom stereocenters. The first-order chi connectivity index (χ1) is 12.1. The standard InChI is InChI=1S/C21H29NO3/c1-3-4-7-20(23)22-14-21(8-5-6-9-21)17-13-19-18(24-10-11-25-19)12-16(17)15(22)2/h12-13,15H,3-11,14H2,1-2H3. The van der Waals surface area contributed by atoms with Crippen LogP contribution in [0.3, 0.4) is 0 Å². The number of unbranched alkanes of at least 4 members (excludes halogenated alkanes) is 1. The molecule has 1 aromatic carbocycles. The van der Waals surface area contributed by atoms with Crippen LogP contribution in [0, 0.1) is 0 Å². The third-order valence-electron chi connectivity index (χ3n) is 6.30. The Morgan fingerprint density at radius 1 is 1.20 bits per heavy atom. The van der Waals surface area contributed by atoms with E-state index in [2.05, 4.69) is 30.9 Å². The summed E-state index contributed by atoms with van der Waals surface area (Å²) in [6.07, 6.45) is 7.54. The summed E-state index contributed by atoms with van der Waals surface area (Å²) in [5.74, 6) is 2.03. The predicted molar refractivity (Wildman–Crippen MR) is 97.2 cm³/mol. The lowest BCUT2D eigenvalue weighted by atomic mass is 9.71. The van der Waals surface area contributed by atoms with Crippen molar-refractivity contribution in [2.24, 2.45) is 0 Å². The molecule has 1 saturated carbocycles. The quantitative estimate of drug-likeness (QED) is 0.818. The first kappa shape index (κ1) is 16.7. The van der Waals surface area contributed by atoms with Crippen LogP contribution in [0.25, 0.3) is 0 Å². The van der Waals surface area contributed by atoms with Crippen LogP contribution in [0.2, 0.25) is 0 Å². The average molecular weight is 343 g/mol. The van der Waals surface area contributed by atoms with Gasteiger partial charge in [-0.15, -0.1) is 0 Å². The minimum absolute atomic E-state index is 0.111. The van der Waals surface area contributed by atoms with Gasteiger partial charge in [-0.25, -0.2) is 0 Å². The van der Waals surface area contributed by atoms with Crippen LogP contribution in [0.1, 0.15) is 76.0 Å². The van der Waals surface area contributed by atoms with Gasteiger partial charge in [-0.05, 0) is 49.4 Å². The minimum Gasteiger partial charge on any atom is -0.486 e. The van der Waals surface area contributed by atoms with Crippen molar-refractivity contribution < 1.29 is 14.3 Å². The fraction of sp³-hybridized carbons (Fsp3) is 0.667. The van der Waals surface area contributed by atoms with Crippen molar-refractivity contribution in [3.63, 3.8) is 0 Å². The summed E-state index contributed by atoms with van der Waals surface area (Å²) in [5.41, 5.74) is 2.78. The summed E-state index contributed by atoms with van der Waals surface area (Å²) < 4.78 is 11.7. The van der Waals surface area contributed by atoms with Gasteiger partial charge in [0.1, 0.15) is 13.2 Å². The molecule has 0 bridgehead atoms. The van der Waals surface area contributed by atoms with Crippen LogP contribution >= 0.6 is 0 Å². The molecule has 1 aromatic rings. The predicted octanol–water partition coefficient (Wildman–Crippen LogP) is 4.36. The number of carbonyl (C=O) groups is 1. The topological polar surface area (TPSA) is 38.8 Å². The largest absolute Gasteiger partial charge is 0.486 e. The Balaban J connectivity index is 1.75. The van der Waals surface area contributed by atoms with E-state index in [0.29, 0.717) is 25.5 Å². The van der Waals surface area contributed by atoms with Gasteiger partial charge >= 0.3 is 0 Å². The third-order valence-corrected chi connectivity index (χ3v) is 6.30. The summed E-state index contributed by atoms with van der Waals surface area (Å²) in [5, 5.41) is 0. The number of ether oxygens (including phenoxy) is 2. The monoisotopic (exact) mass is 343 g/mol. The molecule has 4 rings (SSSR count). The maximum absolute atomic E-state index is 12.9. The van der Waals surface area contributed by atoms with E-state index in [1.54, 1.807) is 0 Å². The normalized spacial score (nSPS) is 23.6. The maximum atomic E-state index is 12.9. The lowest BCUT2D eigenvalue weighted by molar-refractivity contribution is -0.135. The zero-order valence-corrected chi connectivity index (χ0v) is 15.5. The van der Waals surface area contributed by atoms with Crippen molar-refractivity contribution >= 4 is 5.91 Å². The fourth-order valence-corrected chi connectivity index (χ4v) is 4.88. The van der Waals surface area contributed by atoms with E-state index in [0.717, 1.165) is 30.9 Å². The minimum atomic E-state index is 0.111. The first-order valence-electron chi connectivity index (χ1n) is 9.88. The Morgan fingerprint density at radius 2 is 1.88 bits per heavy atom. The fourth-order valence-electron chi connectivity index (χ4n) is 4.88. The molecule has 1 fully saturated rings. The molecule has 1 spiro atoms. The van der Waals surface area contributed by atoms with Gasteiger partial charge in [-0.3, -0.25) is 4.79 Å². The molecule has 1 amide bonds. The third kappa shape index (κ3) is 2.80. The zero-order chi connectivity index (χ0) is 17.4. The first-order valence-corrected chi connectivity index (χ1v) is 9.88. The van der Waals surface area contributed by atoms with Crippen LogP contribution < -0.4 is 9.47 Å². The lowest BCUT2D eigenvalue weighted by Gasteiger charge is -2.46. The molecule has 136 valence electrons. The summed E-state index contributed by atoms with van der Waals surface area (Å²) >= 11 is 0. The zero-order valence-electron chi connectivity index (χ0n) is 15.5. The van der Waals surface area contributed by atoms with Gasteiger partial charge in [-0.2, -0.15) is 0 Å². The van der Waals surface area contributed by atoms with Crippen molar-refractivity contribution in [3.8, 4) is 11.5 Å². The molecule has 4 heteroatoms. The summed E-state index contributed by atoms with van der Waals surface area (Å²) in [6.45, 7) is 6.40. The van der Waals surface area contributed by atoms with Crippen LogP contribution in [0.5, 0.6) is 11.5 Å².